The summed E-state index contributed by atoms with van der Waals surface area (Å²) in [7, 11) is -3.88. The van der Waals surface area contributed by atoms with Crippen molar-refractivity contribution in [1.29, 1.82) is 0 Å². The molecule has 0 unspecified atom stereocenters. The van der Waals surface area contributed by atoms with E-state index in [0.29, 0.717) is 5.69 Å². The lowest BCUT2D eigenvalue weighted by molar-refractivity contribution is -0.578. The van der Waals surface area contributed by atoms with Crippen molar-refractivity contribution < 1.29 is 22.5 Å². The lowest BCUT2D eigenvalue weighted by Crippen LogP contribution is -2.40. The zero-order chi connectivity index (χ0) is 20.0. The molecule has 1 aromatic carbocycles. The predicted octanol–water partition coefficient (Wildman–Crippen LogP) is 1.90. The van der Waals surface area contributed by atoms with Gasteiger partial charge in [0, 0.05) is 6.07 Å². The van der Waals surface area contributed by atoms with Crippen LogP contribution in [0.15, 0.2) is 58.7 Å². The van der Waals surface area contributed by atoms with E-state index in [1.165, 1.54) is 22.9 Å². The van der Waals surface area contributed by atoms with E-state index in [-0.39, 0.29) is 22.2 Å². The Hall–Kier alpha value is -2.52. The number of rotatable bonds is 7. The van der Waals surface area contributed by atoms with Gasteiger partial charge in [-0.15, -0.1) is 11.8 Å². The Bertz CT molecular complexity index is 955. The summed E-state index contributed by atoms with van der Waals surface area (Å²) in [4.78, 5) is 12.6. The number of sulfonamides is 1. The van der Waals surface area contributed by atoms with E-state index in [1.54, 1.807) is 43.6 Å². The van der Waals surface area contributed by atoms with Crippen LogP contribution in [0.2, 0.25) is 0 Å². The van der Waals surface area contributed by atoms with Gasteiger partial charge in [-0.2, -0.15) is 4.57 Å². The number of nitrogens with zero attached hydrogens (tertiary/aromatic N) is 1. The zero-order valence-electron chi connectivity index (χ0n) is 15.3. The van der Waals surface area contributed by atoms with Crippen molar-refractivity contribution in [3.05, 3.63) is 59.4 Å². The number of esters is 1. The highest BCUT2D eigenvalue weighted by molar-refractivity contribution is 8.03. The number of hydrogen-bond donors (Lipinski definition) is 2. The maximum Gasteiger partial charge on any atom is 0.407 e. The number of hydrogen-bond acceptors (Lipinski definition) is 6. The van der Waals surface area contributed by atoms with Gasteiger partial charge in [0.05, 0.1) is 17.2 Å². The lowest BCUT2D eigenvalue weighted by Gasteiger charge is -2.12. The first kappa shape index (κ1) is 20.8. The average molecular weight is 409 g/mol. The minimum atomic E-state index is -3.88. The molecule has 9 heteroatoms. The van der Waals surface area contributed by atoms with E-state index in [2.05, 4.69) is 4.72 Å². The number of thioether (sulfide) groups is 1. The zero-order valence-corrected chi connectivity index (χ0v) is 16.9. The van der Waals surface area contributed by atoms with Gasteiger partial charge in [-0.1, -0.05) is 17.7 Å². The van der Waals surface area contributed by atoms with E-state index in [0.717, 1.165) is 17.3 Å². The first-order chi connectivity index (χ1) is 12.8. The number of carbonyl (C=O) groups excluding carboxylic acids is 1. The second-order valence-corrected chi connectivity index (χ2v) is 8.06. The largest absolute Gasteiger partial charge is 0.458 e. The summed E-state index contributed by atoms with van der Waals surface area (Å²) >= 11 is 1.08. The molecule has 0 fully saturated rings. The molecule has 0 aliphatic rings. The maximum absolute atomic E-state index is 12.8. The van der Waals surface area contributed by atoms with Crippen LogP contribution in [0.3, 0.4) is 0 Å². The van der Waals surface area contributed by atoms with Crippen LogP contribution < -0.4 is 15.0 Å². The maximum atomic E-state index is 12.8. The highest BCUT2D eigenvalue weighted by atomic mass is 32.2. The number of anilines is 1. The van der Waals surface area contributed by atoms with Gasteiger partial charge >= 0.3 is 11.7 Å². The van der Waals surface area contributed by atoms with E-state index >= 15 is 0 Å². The minimum Gasteiger partial charge on any atom is -0.458 e. The van der Waals surface area contributed by atoms with Gasteiger partial charge < -0.3 is 10.5 Å². The molecule has 3 N–H and O–H groups in total. The summed E-state index contributed by atoms with van der Waals surface area (Å²) in [5, 5.41) is 0.129. The molecule has 144 valence electrons. The van der Waals surface area contributed by atoms with Gasteiger partial charge in [0.2, 0.25) is 0 Å². The van der Waals surface area contributed by atoms with Gasteiger partial charge in [-0.25, -0.2) is 13.2 Å². The molecular formula is C18H22N3O4S2+. The summed E-state index contributed by atoms with van der Waals surface area (Å²) < 4.78 is 34.5. The van der Waals surface area contributed by atoms with Crippen LogP contribution in [0.4, 0.5) is 5.69 Å². The fourth-order valence-corrected chi connectivity index (χ4v) is 4.23. The molecule has 0 radical (unpaired) electrons. The average Bonchev–Trinajstić information content (AvgIpc) is 2.61. The normalized spacial score (nSPS) is 12.3. The molecule has 1 heterocycles. The Balaban J connectivity index is 2.55. The number of nitrogen functional groups attached to an aromatic ring is 1. The number of aromatic nitrogens is 1. The predicted molar refractivity (Wildman–Crippen MR) is 106 cm³/mol. The van der Waals surface area contributed by atoms with Crippen molar-refractivity contribution in [3.63, 3.8) is 0 Å². The van der Waals surface area contributed by atoms with Gasteiger partial charge in [0.1, 0.15) is 0 Å². The van der Waals surface area contributed by atoms with Gasteiger partial charge in [0.25, 0.3) is 10.0 Å². The lowest BCUT2D eigenvalue weighted by atomic mass is 10.2. The highest BCUT2D eigenvalue weighted by Crippen LogP contribution is 2.20. The number of pyridine rings is 1. The topological polar surface area (TPSA) is 102 Å². The Morgan fingerprint density at radius 1 is 1.26 bits per heavy atom. The molecule has 1 aromatic heterocycles. The van der Waals surface area contributed by atoms with Crippen LogP contribution >= 0.6 is 11.8 Å². The third kappa shape index (κ3) is 5.24. The van der Waals surface area contributed by atoms with Crippen LogP contribution in [0.1, 0.15) is 12.5 Å². The Labute approximate surface area is 163 Å². The Morgan fingerprint density at radius 2 is 1.93 bits per heavy atom. The van der Waals surface area contributed by atoms with E-state index < -0.39 is 16.0 Å². The number of nitrogens with two attached hydrogens (primary N) is 1. The molecule has 0 atom stereocenters. The number of ether oxygens (including phenoxy) is 1. The molecule has 0 saturated carbocycles. The molecule has 0 spiro atoms. The molecule has 2 rings (SSSR count). The molecule has 7 nitrogen and oxygen atoms in total. The molecule has 0 saturated heterocycles. The first-order valence-electron chi connectivity index (χ1n) is 8.10. The summed E-state index contributed by atoms with van der Waals surface area (Å²) in [5.41, 5.74) is 7.20. The monoisotopic (exact) mass is 408 g/mol. The molecule has 0 aliphatic heterocycles. The smallest absolute Gasteiger partial charge is 0.407 e. The molecule has 0 amide bonds. The van der Waals surface area contributed by atoms with Crippen LogP contribution in [0.5, 0.6) is 0 Å². The molecular weight excluding hydrogens is 386 g/mol. The summed E-state index contributed by atoms with van der Waals surface area (Å²) in [5.74, 6) is -0.663. The Kier molecular flexibility index (Phi) is 6.86. The number of aryl methyl sites for hydroxylation is 1. The number of benzene rings is 1. The van der Waals surface area contributed by atoms with Crippen LogP contribution in [-0.2, 0) is 19.6 Å². The van der Waals surface area contributed by atoms with E-state index in [1.807, 2.05) is 6.92 Å². The summed E-state index contributed by atoms with van der Waals surface area (Å²) in [6.45, 7) is 3.69. The quantitative estimate of drug-likeness (QED) is 0.412. The van der Waals surface area contributed by atoms with Crippen LogP contribution in [0.25, 0.3) is 5.70 Å². The van der Waals surface area contributed by atoms with Crippen molar-refractivity contribution in [1.82, 2.24) is 4.72 Å². The fourth-order valence-electron chi connectivity index (χ4n) is 2.23. The van der Waals surface area contributed by atoms with Crippen LogP contribution in [0, 0.1) is 6.92 Å². The van der Waals surface area contributed by atoms with Gasteiger partial charge in [0.15, 0.2) is 17.4 Å². The van der Waals surface area contributed by atoms with Crippen molar-refractivity contribution in [2.24, 2.45) is 0 Å². The van der Waals surface area contributed by atoms with E-state index in [9.17, 15) is 13.2 Å². The van der Waals surface area contributed by atoms with E-state index in [4.69, 9.17) is 10.5 Å². The number of carbonyl (C=O) groups is 1. The molecule has 2 aromatic rings. The third-order valence-electron chi connectivity index (χ3n) is 3.53. The highest BCUT2D eigenvalue weighted by Gasteiger charge is 2.30. The van der Waals surface area contributed by atoms with Crippen molar-refractivity contribution in [2.75, 3.05) is 18.6 Å². The SMILES string of the molecule is CCOC(=O)C(=C(NS(=O)(=O)c1ccc(C)cc1)SC)[n+]1cccc(N)c1. The minimum absolute atomic E-state index is 0.0346. The first-order valence-corrected chi connectivity index (χ1v) is 10.8. The molecule has 0 aliphatic carbocycles. The van der Waals surface area contributed by atoms with Crippen molar-refractivity contribution in [2.45, 2.75) is 18.7 Å². The summed E-state index contributed by atoms with van der Waals surface area (Å²) in [6.07, 6.45) is 4.78. The third-order valence-corrected chi connectivity index (χ3v) is 5.73. The number of nitrogens with one attached hydrogen (secondary N) is 1. The van der Waals surface area contributed by atoms with Gasteiger partial charge in [-0.05, 0) is 38.3 Å². The standard InChI is InChI=1S/C18H21N3O4S2/c1-4-25-18(22)16(21-11-5-6-14(19)12-21)17(26-3)20-27(23,24)15-9-7-13(2)8-10-15/h5-12H,4,19H2,1-3H3/p+1. The second kappa shape index (κ2) is 8.92. The van der Waals surface area contributed by atoms with Crippen molar-refractivity contribution >= 4 is 39.1 Å². The summed E-state index contributed by atoms with van der Waals surface area (Å²) in [6, 6.07) is 9.74. The molecule has 0 bridgehead atoms. The van der Waals surface area contributed by atoms with Gasteiger partial charge in [-0.3, -0.25) is 4.72 Å². The second-order valence-electron chi connectivity index (χ2n) is 5.57. The van der Waals surface area contributed by atoms with Crippen LogP contribution in [-0.4, -0.2) is 27.2 Å². The Morgan fingerprint density at radius 3 is 2.48 bits per heavy atom. The molecule has 27 heavy (non-hydrogen) atoms. The van der Waals surface area contributed by atoms with Crippen molar-refractivity contribution in [3.8, 4) is 0 Å². The fraction of sp³-hybridized carbons (Fsp3) is 0.222.